The zero-order valence-corrected chi connectivity index (χ0v) is 12.9. The summed E-state index contributed by atoms with van der Waals surface area (Å²) in [5.41, 5.74) is 12.3. The van der Waals surface area contributed by atoms with Gasteiger partial charge in [0.1, 0.15) is 5.82 Å². The van der Waals surface area contributed by atoms with Gasteiger partial charge in [-0.2, -0.15) is 0 Å². The highest BCUT2D eigenvalue weighted by Crippen LogP contribution is 2.37. The van der Waals surface area contributed by atoms with E-state index in [9.17, 15) is 13.2 Å². The number of hydrogen-bond donors (Lipinski definition) is 3. The van der Waals surface area contributed by atoms with Crippen molar-refractivity contribution in [3.05, 3.63) is 42.1 Å². The van der Waals surface area contributed by atoms with Crippen molar-refractivity contribution in [2.45, 2.75) is 4.90 Å². The molecule has 0 aliphatic heterocycles. The number of carbonyl (C=O) groups excluding carboxylic acids is 1. The molecule has 0 aliphatic carbocycles. The quantitative estimate of drug-likeness (QED) is 0.630. The molecule has 8 heteroatoms. The lowest BCUT2D eigenvalue weighted by molar-refractivity contribution is 0.100. The monoisotopic (exact) mass is 333 g/mol. The van der Waals surface area contributed by atoms with Gasteiger partial charge in [0.2, 0.25) is 0 Å². The Morgan fingerprint density at radius 1 is 1.18 bits per heavy atom. The zero-order valence-electron chi connectivity index (χ0n) is 11.1. The second kappa shape index (κ2) is 5.39. The largest absolute Gasteiger partial charge is 0.383 e. The van der Waals surface area contributed by atoms with Gasteiger partial charge in [-0.15, -0.1) is 11.3 Å². The van der Waals surface area contributed by atoms with E-state index in [1.807, 2.05) is 6.07 Å². The molecule has 2 aromatic heterocycles. The van der Waals surface area contributed by atoms with Gasteiger partial charge < -0.3 is 11.5 Å². The smallest absolute Gasteiger partial charge is 0.251 e. The van der Waals surface area contributed by atoms with Crippen LogP contribution in [0.5, 0.6) is 0 Å². The van der Waals surface area contributed by atoms with Crippen molar-refractivity contribution in [3.63, 3.8) is 0 Å². The van der Waals surface area contributed by atoms with Crippen LogP contribution in [0.3, 0.4) is 0 Å². The topological polar surface area (TPSA) is 116 Å². The number of carbonyl (C=O) groups is 1. The van der Waals surface area contributed by atoms with Gasteiger partial charge in [-0.25, -0.2) is 13.4 Å². The molecule has 3 rings (SSSR count). The summed E-state index contributed by atoms with van der Waals surface area (Å²) < 4.78 is 22.5. The molecule has 0 bridgehead atoms. The van der Waals surface area contributed by atoms with Gasteiger partial charge in [-0.3, -0.25) is 4.79 Å². The normalized spacial score (nSPS) is 11.1. The SMILES string of the molecule is NC(=O)c1cnc(N)c2cc(-c3ccc([SH](=O)=O)cc3)sc12. The lowest BCUT2D eigenvalue weighted by Gasteiger charge is -1.99. The van der Waals surface area contributed by atoms with Gasteiger partial charge in [0.05, 0.1) is 15.2 Å². The number of nitrogens with two attached hydrogens (primary N) is 2. The second-order valence-corrected chi connectivity index (χ2v) is 6.66. The summed E-state index contributed by atoms with van der Waals surface area (Å²) in [6, 6.07) is 8.29. The Morgan fingerprint density at radius 2 is 1.86 bits per heavy atom. The molecule has 1 aromatic carbocycles. The molecule has 0 atom stereocenters. The van der Waals surface area contributed by atoms with Crippen molar-refractivity contribution < 1.29 is 13.2 Å². The molecule has 22 heavy (non-hydrogen) atoms. The third-order valence-corrected chi connectivity index (χ3v) is 5.15. The Bertz CT molecular complexity index is 951. The van der Waals surface area contributed by atoms with Crippen LogP contribution in [0.1, 0.15) is 10.4 Å². The van der Waals surface area contributed by atoms with Crippen LogP contribution >= 0.6 is 11.3 Å². The number of amides is 1. The predicted octanol–water partition coefficient (Wildman–Crippen LogP) is 1.61. The molecule has 0 saturated heterocycles. The van der Waals surface area contributed by atoms with Crippen molar-refractivity contribution in [2.75, 3.05) is 5.73 Å². The minimum atomic E-state index is -2.60. The number of fused-ring (bicyclic) bond motifs is 1. The van der Waals surface area contributed by atoms with Crippen LogP contribution in [0, 0.1) is 0 Å². The average Bonchev–Trinajstić information content (AvgIpc) is 2.93. The minimum absolute atomic E-state index is 0.249. The Balaban J connectivity index is 2.18. The van der Waals surface area contributed by atoms with Crippen LogP contribution in [0.4, 0.5) is 5.82 Å². The average molecular weight is 333 g/mol. The molecule has 0 saturated carbocycles. The number of aromatic nitrogens is 1. The first-order chi connectivity index (χ1) is 10.5. The fourth-order valence-corrected chi connectivity index (χ4v) is 3.69. The summed E-state index contributed by atoms with van der Waals surface area (Å²) in [6.45, 7) is 0. The lowest BCUT2D eigenvalue weighted by atomic mass is 10.1. The van der Waals surface area contributed by atoms with Crippen LogP contribution in [0.15, 0.2) is 41.4 Å². The molecule has 0 radical (unpaired) electrons. The first-order valence-corrected chi connectivity index (χ1v) is 8.19. The van der Waals surface area contributed by atoms with E-state index in [1.54, 1.807) is 12.1 Å². The first kappa shape index (κ1) is 14.5. The molecule has 0 unspecified atom stereocenters. The van der Waals surface area contributed by atoms with E-state index in [4.69, 9.17) is 11.5 Å². The van der Waals surface area contributed by atoms with Crippen LogP contribution < -0.4 is 11.5 Å². The van der Waals surface area contributed by atoms with Crippen LogP contribution in [-0.2, 0) is 10.7 Å². The summed E-state index contributed by atoms with van der Waals surface area (Å²) in [4.78, 5) is 16.5. The second-order valence-electron chi connectivity index (χ2n) is 4.58. The third kappa shape index (κ3) is 2.42. The number of pyridine rings is 1. The van der Waals surface area contributed by atoms with Gasteiger partial charge in [-0.1, -0.05) is 12.1 Å². The number of rotatable bonds is 3. The fraction of sp³-hybridized carbons (Fsp3) is 0. The summed E-state index contributed by atoms with van der Waals surface area (Å²) >= 11 is 1.36. The summed E-state index contributed by atoms with van der Waals surface area (Å²) in [5.74, 6) is -0.244. The molecule has 112 valence electrons. The molecule has 6 nitrogen and oxygen atoms in total. The van der Waals surface area contributed by atoms with E-state index >= 15 is 0 Å². The molecular formula is C14H11N3O3S2. The molecule has 0 aliphatic rings. The first-order valence-electron chi connectivity index (χ1n) is 6.20. The highest BCUT2D eigenvalue weighted by molar-refractivity contribution is 7.72. The van der Waals surface area contributed by atoms with Crippen molar-refractivity contribution in [3.8, 4) is 10.4 Å². The maximum atomic E-state index is 11.5. The molecule has 3 aromatic rings. The maximum absolute atomic E-state index is 11.5. The molecule has 0 fully saturated rings. The third-order valence-electron chi connectivity index (χ3n) is 3.21. The van der Waals surface area contributed by atoms with Crippen molar-refractivity contribution >= 4 is 43.9 Å². The van der Waals surface area contributed by atoms with Crippen LogP contribution in [0.25, 0.3) is 20.5 Å². The number of hydrogen-bond acceptors (Lipinski definition) is 6. The molecular weight excluding hydrogens is 322 g/mol. The van der Waals surface area contributed by atoms with E-state index < -0.39 is 16.6 Å². The number of nitrogens with zero attached hydrogens (tertiary/aromatic N) is 1. The van der Waals surface area contributed by atoms with Gasteiger partial charge in [-0.05, 0) is 23.8 Å². The number of primary amides is 1. The number of anilines is 1. The maximum Gasteiger partial charge on any atom is 0.251 e. The number of nitrogen functional groups attached to an aromatic ring is 1. The van der Waals surface area contributed by atoms with Crippen molar-refractivity contribution in [2.24, 2.45) is 5.73 Å². The van der Waals surface area contributed by atoms with E-state index in [0.29, 0.717) is 21.5 Å². The van der Waals surface area contributed by atoms with Gasteiger partial charge in [0, 0.05) is 16.5 Å². The number of benzene rings is 1. The van der Waals surface area contributed by atoms with Crippen molar-refractivity contribution in [1.82, 2.24) is 4.98 Å². The molecule has 2 heterocycles. The minimum Gasteiger partial charge on any atom is -0.383 e. The predicted molar refractivity (Wildman–Crippen MR) is 86.6 cm³/mol. The lowest BCUT2D eigenvalue weighted by Crippen LogP contribution is -2.11. The standard InChI is InChI=1S/C14H11N3O3S2/c15-13-9-5-11(7-1-3-8(4-2-7)22(19)20)21-12(9)10(6-17-13)14(16)18/h1-6,22H,(H2,15,17)(H2,16,18). The zero-order chi connectivity index (χ0) is 15.9. The summed E-state index contributed by atoms with van der Waals surface area (Å²) in [6.07, 6.45) is 1.37. The molecule has 0 spiro atoms. The number of thiol groups is 1. The van der Waals surface area contributed by atoms with Crippen molar-refractivity contribution in [1.29, 1.82) is 0 Å². The van der Waals surface area contributed by atoms with E-state index in [-0.39, 0.29) is 4.90 Å². The van der Waals surface area contributed by atoms with E-state index in [0.717, 1.165) is 10.4 Å². The number of thiophene rings is 1. The highest BCUT2D eigenvalue weighted by Gasteiger charge is 2.14. The summed E-state index contributed by atoms with van der Waals surface area (Å²) in [7, 11) is -2.60. The Morgan fingerprint density at radius 3 is 2.45 bits per heavy atom. The van der Waals surface area contributed by atoms with E-state index in [1.165, 1.54) is 29.7 Å². The Kier molecular flexibility index (Phi) is 3.55. The van der Waals surface area contributed by atoms with E-state index in [2.05, 4.69) is 4.98 Å². The van der Waals surface area contributed by atoms with Gasteiger partial charge in [0.25, 0.3) is 5.91 Å². The molecule has 4 N–H and O–H groups in total. The van der Waals surface area contributed by atoms with Crippen LogP contribution in [-0.4, -0.2) is 19.3 Å². The van der Waals surface area contributed by atoms with Crippen LogP contribution in [0.2, 0.25) is 0 Å². The molecule has 1 amide bonds. The Hall–Kier alpha value is -2.45. The summed E-state index contributed by atoms with van der Waals surface area (Å²) in [5, 5.41) is 0.662. The van der Waals surface area contributed by atoms with Gasteiger partial charge in [0.15, 0.2) is 10.7 Å². The highest BCUT2D eigenvalue weighted by atomic mass is 32.2. The van der Waals surface area contributed by atoms with Gasteiger partial charge >= 0.3 is 0 Å². The fourth-order valence-electron chi connectivity index (χ4n) is 2.11. The Labute approximate surface area is 131 Å².